The highest BCUT2D eigenvalue weighted by Crippen LogP contribution is 2.41. The highest BCUT2D eigenvalue weighted by Gasteiger charge is 2.46. The molecule has 1 N–H and O–H groups in total. The van der Waals surface area contributed by atoms with Crippen LogP contribution in [-0.2, 0) is 22.3 Å². The van der Waals surface area contributed by atoms with Gasteiger partial charge in [0.2, 0.25) is 0 Å². The molecule has 1 heterocycles. The average molecular weight is 388 g/mol. The quantitative estimate of drug-likeness (QED) is 0.594. The Kier molecular flexibility index (Phi) is 6.49. The maximum Gasteiger partial charge on any atom is 0.478 e. The van der Waals surface area contributed by atoms with Crippen LogP contribution in [0.15, 0.2) is 18.3 Å². The Bertz CT molecular complexity index is 695. The second kappa shape index (κ2) is 8.27. The van der Waals surface area contributed by atoms with Crippen molar-refractivity contribution < 1.29 is 37.2 Å². The molecule has 150 valence electrons. The molecule has 0 amide bonds. The summed E-state index contributed by atoms with van der Waals surface area (Å²) in [5.74, 6) is -1.85. The van der Waals surface area contributed by atoms with Gasteiger partial charge in [-0.25, -0.2) is 4.79 Å². The molecule has 0 aliphatic heterocycles. The first-order valence-electron chi connectivity index (χ1n) is 9.04. The molecule has 1 aromatic rings. The maximum atomic E-state index is 13.4. The molecule has 0 aromatic carbocycles. The van der Waals surface area contributed by atoms with Crippen molar-refractivity contribution in [1.82, 2.24) is 0 Å². The molecule has 0 saturated heterocycles. The minimum Gasteiger partial charge on any atom is -0.477 e. The van der Waals surface area contributed by atoms with Crippen LogP contribution in [0.2, 0.25) is 0 Å². The first-order valence-corrected chi connectivity index (χ1v) is 9.04. The predicted octanol–water partition coefficient (Wildman–Crippen LogP) is 3.84. The van der Waals surface area contributed by atoms with Gasteiger partial charge in [-0.3, -0.25) is 4.79 Å². The molecule has 1 saturated carbocycles. The topological polar surface area (TPSA) is 67.5 Å². The molecule has 8 heteroatoms. The fourth-order valence-corrected chi connectivity index (χ4v) is 3.76. The fraction of sp³-hybridized carbons (Fsp3) is 0.632. The lowest BCUT2D eigenvalue weighted by molar-refractivity contribution is -0.721. The number of ether oxygens (including phenoxy) is 1. The number of aromatic carboxylic acids is 1. The Morgan fingerprint density at radius 3 is 2.48 bits per heavy atom. The summed E-state index contributed by atoms with van der Waals surface area (Å²) in [5, 5.41) is 9.10. The fourth-order valence-electron chi connectivity index (χ4n) is 3.76. The standard InChI is InChI=1S/C19H24F3NO4/c1-3-27-15(24)11-18(2)8-6-13(7-9-18)12-23-10-4-5-14(17(25)26)16(23)19(20,21)22/h4-5,10,13H,3,6-9,11-12H2,1-2H3/p+1. The Hall–Kier alpha value is -2.12. The SMILES string of the molecule is CCOC(=O)CC1(C)CCC(C[n+]2cccc(C(=O)O)c2C(F)(F)F)CC1. The van der Waals surface area contributed by atoms with Gasteiger partial charge in [0.25, 0.3) is 0 Å². The summed E-state index contributed by atoms with van der Waals surface area (Å²) in [4.78, 5) is 22.9. The number of aromatic nitrogens is 1. The van der Waals surface area contributed by atoms with E-state index < -0.39 is 23.4 Å². The van der Waals surface area contributed by atoms with E-state index in [1.807, 2.05) is 6.92 Å². The van der Waals surface area contributed by atoms with Crippen LogP contribution in [-0.4, -0.2) is 23.7 Å². The Labute approximate surface area is 156 Å². The zero-order valence-corrected chi connectivity index (χ0v) is 15.5. The highest BCUT2D eigenvalue weighted by atomic mass is 19.4. The summed E-state index contributed by atoms with van der Waals surface area (Å²) in [6.07, 6.45) is -0.365. The summed E-state index contributed by atoms with van der Waals surface area (Å²) in [5.41, 5.74) is -2.08. The van der Waals surface area contributed by atoms with Crippen LogP contribution in [0.25, 0.3) is 0 Å². The van der Waals surface area contributed by atoms with Crippen LogP contribution in [0.5, 0.6) is 0 Å². The molecule has 1 fully saturated rings. The van der Waals surface area contributed by atoms with Gasteiger partial charge in [-0.05, 0) is 44.1 Å². The van der Waals surface area contributed by atoms with E-state index in [1.165, 1.54) is 12.3 Å². The van der Waals surface area contributed by atoms with E-state index in [4.69, 9.17) is 9.84 Å². The largest absolute Gasteiger partial charge is 0.478 e. The minimum absolute atomic E-state index is 0.00424. The minimum atomic E-state index is -4.75. The van der Waals surface area contributed by atoms with E-state index in [9.17, 15) is 22.8 Å². The zero-order chi connectivity index (χ0) is 20.2. The molecular weight excluding hydrogens is 363 g/mol. The second-order valence-corrected chi connectivity index (χ2v) is 7.46. The van der Waals surface area contributed by atoms with Crippen molar-refractivity contribution in [2.24, 2.45) is 11.3 Å². The number of alkyl halides is 3. The van der Waals surface area contributed by atoms with Crippen LogP contribution in [0.4, 0.5) is 13.2 Å². The first kappa shape index (κ1) is 21.2. The van der Waals surface area contributed by atoms with Gasteiger partial charge >= 0.3 is 23.8 Å². The van der Waals surface area contributed by atoms with E-state index in [1.54, 1.807) is 6.92 Å². The van der Waals surface area contributed by atoms with Crippen molar-refractivity contribution in [2.45, 2.75) is 58.7 Å². The smallest absolute Gasteiger partial charge is 0.477 e. The maximum absolute atomic E-state index is 13.4. The molecule has 5 nitrogen and oxygen atoms in total. The summed E-state index contributed by atoms with van der Waals surface area (Å²) in [7, 11) is 0. The van der Waals surface area contributed by atoms with Crippen LogP contribution in [0.3, 0.4) is 0 Å². The summed E-state index contributed by atoms with van der Waals surface area (Å²) < 4.78 is 46.3. The summed E-state index contributed by atoms with van der Waals surface area (Å²) in [6.45, 7) is 4.18. The highest BCUT2D eigenvalue weighted by molar-refractivity contribution is 5.88. The van der Waals surface area contributed by atoms with E-state index in [0.29, 0.717) is 25.9 Å². The van der Waals surface area contributed by atoms with Crippen molar-refractivity contribution in [3.8, 4) is 0 Å². The number of hydrogen-bond acceptors (Lipinski definition) is 3. The number of esters is 1. The van der Waals surface area contributed by atoms with E-state index in [0.717, 1.165) is 23.5 Å². The zero-order valence-electron chi connectivity index (χ0n) is 15.5. The molecule has 1 aliphatic rings. The van der Waals surface area contributed by atoms with Crippen molar-refractivity contribution in [2.75, 3.05) is 6.61 Å². The third-order valence-electron chi connectivity index (χ3n) is 5.21. The lowest BCUT2D eigenvalue weighted by Crippen LogP contribution is -2.47. The lowest BCUT2D eigenvalue weighted by atomic mass is 9.70. The van der Waals surface area contributed by atoms with Crippen molar-refractivity contribution >= 4 is 11.9 Å². The monoisotopic (exact) mass is 388 g/mol. The molecule has 0 bridgehead atoms. The van der Waals surface area contributed by atoms with Crippen molar-refractivity contribution in [3.63, 3.8) is 0 Å². The van der Waals surface area contributed by atoms with Crippen LogP contribution >= 0.6 is 0 Å². The number of halogens is 3. The first-order chi connectivity index (χ1) is 12.6. The normalized spacial score (nSPS) is 23.1. The van der Waals surface area contributed by atoms with Gasteiger partial charge in [-0.1, -0.05) is 6.92 Å². The van der Waals surface area contributed by atoms with Gasteiger partial charge in [-0.15, -0.1) is 0 Å². The average Bonchev–Trinajstić information content (AvgIpc) is 2.56. The molecule has 1 aliphatic carbocycles. The number of pyridine rings is 1. The van der Waals surface area contributed by atoms with Crippen LogP contribution in [0, 0.1) is 11.3 Å². The molecule has 0 spiro atoms. The van der Waals surface area contributed by atoms with Crippen molar-refractivity contribution in [1.29, 1.82) is 0 Å². The van der Waals surface area contributed by atoms with E-state index >= 15 is 0 Å². The molecular formula is C19H25F3NO4+. The lowest BCUT2D eigenvalue weighted by Gasteiger charge is -2.35. The molecule has 0 atom stereocenters. The Morgan fingerprint density at radius 2 is 1.96 bits per heavy atom. The van der Waals surface area contributed by atoms with Gasteiger partial charge in [0.15, 0.2) is 12.7 Å². The van der Waals surface area contributed by atoms with E-state index in [2.05, 4.69) is 0 Å². The number of carbonyl (C=O) groups is 2. The third kappa shape index (κ3) is 5.43. The molecule has 27 heavy (non-hydrogen) atoms. The second-order valence-electron chi connectivity index (χ2n) is 7.46. The summed E-state index contributed by atoms with van der Waals surface area (Å²) >= 11 is 0. The Morgan fingerprint density at radius 1 is 1.33 bits per heavy atom. The van der Waals surface area contributed by atoms with Gasteiger partial charge in [0.1, 0.15) is 5.56 Å². The summed E-state index contributed by atoms with van der Waals surface area (Å²) in [6, 6.07) is 2.30. The number of rotatable bonds is 6. The molecule has 0 radical (unpaired) electrons. The Balaban J connectivity index is 2.11. The molecule has 0 unspecified atom stereocenters. The van der Waals surface area contributed by atoms with Gasteiger partial charge in [0.05, 0.1) is 13.0 Å². The van der Waals surface area contributed by atoms with Crippen LogP contribution < -0.4 is 4.57 Å². The number of carboxylic acids is 1. The predicted molar refractivity (Wildman–Crippen MR) is 89.9 cm³/mol. The van der Waals surface area contributed by atoms with Crippen LogP contribution in [0.1, 0.15) is 62.0 Å². The molecule has 1 aromatic heterocycles. The number of carboxylic acid groups (broad SMARTS) is 1. The van der Waals surface area contributed by atoms with Gasteiger partial charge in [0, 0.05) is 12.0 Å². The van der Waals surface area contributed by atoms with Gasteiger partial charge < -0.3 is 9.84 Å². The number of hydrogen-bond donors (Lipinski definition) is 1. The molecule has 2 rings (SSSR count). The van der Waals surface area contributed by atoms with Crippen molar-refractivity contribution in [3.05, 3.63) is 29.6 Å². The number of carbonyl (C=O) groups excluding carboxylic acids is 1. The van der Waals surface area contributed by atoms with Gasteiger partial charge in [-0.2, -0.15) is 17.7 Å². The third-order valence-corrected chi connectivity index (χ3v) is 5.21. The number of nitrogens with zero attached hydrogens (tertiary/aromatic N) is 1. The van der Waals surface area contributed by atoms with E-state index in [-0.39, 0.29) is 23.8 Å².